The molecule has 4 heteroatoms. The van der Waals surface area contributed by atoms with Gasteiger partial charge in [0.1, 0.15) is 5.75 Å². The molecule has 0 unspecified atom stereocenters. The Kier molecular flexibility index (Phi) is 6.52. The van der Waals surface area contributed by atoms with Crippen LogP contribution in [0.15, 0.2) is 18.2 Å². The quantitative estimate of drug-likeness (QED) is 0.847. The predicted molar refractivity (Wildman–Crippen MR) is 93.9 cm³/mol. The van der Waals surface area contributed by atoms with Crippen molar-refractivity contribution in [3.05, 3.63) is 23.8 Å². The number of ether oxygens (including phenoxy) is 1. The summed E-state index contributed by atoms with van der Waals surface area (Å²) in [6, 6.07) is 7.13. The molecule has 2 rings (SSSR count). The van der Waals surface area contributed by atoms with E-state index in [-0.39, 0.29) is 6.10 Å². The monoisotopic (exact) mass is 305 g/mol. The fourth-order valence-electron chi connectivity index (χ4n) is 2.69. The molecule has 0 bridgehead atoms. The third-order valence-electron chi connectivity index (χ3n) is 3.78. The minimum Gasteiger partial charge on any atom is -0.489 e. The van der Waals surface area contributed by atoms with Crippen LogP contribution in [-0.4, -0.2) is 38.3 Å². The van der Waals surface area contributed by atoms with Crippen molar-refractivity contribution in [1.82, 2.24) is 10.6 Å². The average Bonchev–Trinajstić information content (AvgIpc) is 2.73. The molecule has 1 aliphatic rings. The molecule has 0 aliphatic carbocycles. The standard InChI is InChI=1S/C18H31N3O/c1-14(2)20-13-16-6-7-17(18(12-16)22-15(3)4)21-10-5-8-19-9-11-21/h6-7,12,14-15,19-20H,5,8-11,13H2,1-4H3. The highest BCUT2D eigenvalue weighted by Crippen LogP contribution is 2.31. The molecule has 124 valence electrons. The van der Waals surface area contributed by atoms with E-state index < -0.39 is 0 Å². The van der Waals surface area contributed by atoms with Gasteiger partial charge in [-0.1, -0.05) is 19.9 Å². The Bertz CT molecular complexity index is 452. The Hall–Kier alpha value is -1.26. The smallest absolute Gasteiger partial charge is 0.143 e. The lowest BCUT2D eigenvalue weighted by atomic mass is 10.1. The molecule has 0 spiro atoms. The number of nitrogens with one attached hydrogen (secondary N) is 2. The zero-order chi connectivity index (χ0) is 15.9. The van der Waals surface area contributed by atoms with Crippen molar-refractivity contribution in [3.8, 4) is 5.75 Å². The van der Waals surface area contributed by atoms with Crippen LogP contribution in [0, 0.1) is 0 Å². The Morgan fingerprint density at radius 1 is 1.18 bits per heavy atom. The van der Waals surface area contributed by atoms with Crippen LogP contribution < -0.4 is 20.3 Å². The van der Waals surface area contributed by atoms with Crippen LogP contribution in [0.1, 0.15) is 39.7 Å². The molecule has 0 amide bonds. The summed E-state index contributed by atoms with van der Waals surface area (Å²) in [5.74, 6) is 1.01. The predicted octanol–water partition coefficient (Wildman–Crippen LogP) is 2.77. The van der Waals surface area contributed by atoms with E-state index in [0.717, 1.165) is 38.5 Å². The Morgan fingerprint density at radius 3 is 2.73 bits per heavy atom. The first-order valence-corrected chi connectivity index (χ1v) is 8.55. The van der Waals surface area contributed by atoms with E-state index >= 15 is 0 Å². The van der Waals surface area contributed by atoms with Crippen molar-refractivity contribution in [3.63, 3.8) is 0 Å². The van der Waals surface area contributed by atoms with Gasteiger partial charge in [0, 0.05) is 32.2 Å². The van der Waals surface area contributed by atoms with Crippen LogP contribution in [0.2, 0.25) is 0 Å². The first kappa shape index (κ1) is 17.1. The van der Waals surface area contributed by atoms with Gasteiger partial charge in [0.05, 0.1) is 11.8 Å². The maximum atomic E-state index is 6.10. The molecule has 1 aromatic rings. The van der Waals surface area contributed by atoms with Crippen LogP contribution in [0.4, 0.5) is 5.69 Å². The number of benzene rings is 1. The van der Waals surface area contributed by atoms with Gasteiger partial charge in [-0.05, 0) is 44.5 Å². The van der Waals surface area contributed by atoms with Crippen LogP contribution in [0.5, 0.6) is 5.75 Å². The highest BCUT2D eigenvalue weighted by Gasteiger charge is 2.15. The van der Waals surface area contributed by atoms with Gasteiger partial charge in [-0.25, -0.2) is 0 Å². The molecular formula is C18H31N3O. The molecular weight excluding hydrogens is 274 g/mol. The number of hydrogen-bond donors (Lipinski definition) is 2. The first-order chi connectivity index (χ1) is 10.6. The summed E-state index contributed by atoms with van der Waals surface area (Å²) >= 11 is 0. The summed E-state index contributed by atoms with van der Waals surface area (Å²) in [5.41, 5.74) is 2.51. The van der Waals surface area contributed by atoms with Crippen molar-refractivity contribution < 1.29 is 4.74 Å². The van der Waals surface area contributed by atoms with Gasteiger partial charge in [-0.3, -0.25) is 0 Å². The maximum absolute atomic E-state index is 6.10. The van der Waals surface area contributed by atoms with Crippen molar-refractivity contribution in [1.29, 1.82) is 0 Å². The van der Waals surface area contributed by atoms with Gasteiger partial charge in [0.25, 0.3) is 0 Å². The SMILES string of the molecule is CC(C)NCc1ccc(N2CCCNCC2)c(OC(C)C)c1. The second kappa shape index (κ2) is 8.39. The van der Waals surface area contributed by atoms with Crippen LogP contribution in [0.25, 0.3) is 0 Å². The molecule has 0 saturated carbocycles. The van der Waals surface area contributed by atoms with Crippen LogP contribution in [-0.2, 0) is 6.54 Å². The van der Waals surface area contributed by atoms with Gasteiger partial charge < -0.3 is 20.3 Å². The molecule has 1 aliphatic heterocycles. The lowest BCUT2D eigenvalue weighted by molar-refractivity contribution is 0.242. The first-order valence-electron chi connectivity index (χ1n) is 8.55. The van der Waals surface area contributed by atoms with Gasteiger partial charge in [0.15, 0.2) is 0 Å². The van der Waals surface area contributed by atoms with Crippen molar-refractivity contribution in [2.24, 2.45) is 0 Å². The second-order valence-electron chi connectivity index (χ2n) is 6.59. The van der Waals surface area contributed by atoms with Crippen LogP contribution >= 0.6 is 0 Å². The van der Waals surface area contributed by atoms with E-state index in [2.05, 4.69) is 61.4 Å². The Balaban J connectivity index is 2.19. The number of nitrogens with zero attached hydrogens (tertiary/aromatic N) is 1. The molecule has 4 nitrogen and oxygen atoms in total. The molecule has 1 saturated heterocycles. The molecule has 2 N–H and O–H groups in total. The zero-order valence-corrected chi connectivity index (χ0v) is 14.5. The summed E-state index contributed by atoms with van der Waals surface area (Å²) in [7, 11) is 0. The van der Waals surface area contributed by atoms with Crippen LogP contribution in [0.3, 0.4) is 0 Å². The van der Waals surface area contributed by atoms with Gasteiger partial charge in [-0.2, -0.15) is 0 Å². The van der Waals surface area contributed by atoms with E-state index in [0.29, 0.717) is 6.04 Å². The summed E-state index contributed by atoms with van der Waals surface area (Å²) in [4.78, 5) is 2.44. The average molecular weight is 305 g/mol. The fourth-order valence-corrected chi connectivity index (χ4v) is 2.69. The van der Waals surface area contributed by atoms with E-state index in [1.807, 2.05) is 0 Å². The largest absolute Gasteiger partial charge is 0.489 e. The molecule has 1 aromatic carbocycles. The summed E-state index contributed by atoms with van der Waals surface area (Å²) in [5, 5.41) is 6.93. The lowest BCUT2D eigenvalue weighted by Gasteiger charge is -2.26. The third-order valence-corrected chi connectivity index (χ3v) is 3.78. The highest BCUT2D eigenvalue weighted by atomic mass is 16.5. The minimum atomic E-state index is 0.192. The highest BCUT2D eigenvalue weighted by molar-refractivity contribution is 5.60. The van der Waals surface area contributed by atoms with Crippen molar-refractivity contribution in [2.45, 2.75) is 52.8 Å². The Labute approximate surface area is 135 Å². The van der Waals surface area contributed by atoms with Gasteiger partial charge >= 0.3 is 0 Å². The second-order valence-corrected chi connectivity index (χ2v) is 6.59. The van der Waals surface area contributed by atoms with E-state index in [1.165, 1.54) is 17.7 Å². The molecule has 0 aromatic heterocycles. The van der Waals surface area contributed by atoms with E-state index in [4.69, 9.17) is 4.74 Å². The molecule has 0 radical (unpaired) electrons. The zero-order valence-electron chi connectivity index (χ0n) is 14.5. The number of hydrogen-bond acceptors (Lipinski definition) is 4. The lowest BCUT2D eigenvalue weighted by Crippen LogP contribution is -2.28. The maximum Gasteiger partial charge on any atom is 0.143 e. The number of anilines is 1. The fraction of sp³-hybridized carbons (Fsp3) is 0.667. The van der Waals surface area contributed by atoms with E-state index in [9.17, 15) is 0 Å². The molecule has 0 atom stereocenters. The number of rotatable bonds is 6. The van der Waals surface area contributed by atoms with Gasteiger partial charge in [0.2, 0.25) is 0 Å². The molecule has 1 heterocycles. The topological polar surface area (TPSA) is 36.5 Å². The molecule has 1 fully saturated rings. The van der Waals surface area contributed by atoms with Crippen molar-refractivity contribution in [2.75, 3.05) is 31.1 Å². The van der Waals surface area contributed by atoms with Crippen molar-refractivity contribution >= 4 is 5.69 Å². The summed E-state index contributed by atoms with van der Waals surface area (Å²) in [6.45, 7) is 13.7. The van der Waals surface area contributed by atoms with E-state index in [1.54, 1.807) is 0 Å². The Morgan fingerprint density at radius 2 is 2.00 bits per heavy atom. The third kappa shape index (κ3) is 5.18. The normalized spacial score (nSPS) is 16.2. The molecule has 22 heavy (non-hydrogen) atoms. The minimum absolute atomic E-state index is 0.192. The summed E-state index contributed by atoms with van der Waals surface area (Å²) < 4.78 is 6.10. The van der Waals surface area contributed by atoms with Gasteiger partial charge in [-0.15, -0.1) is 0 Å². The summed E-state index contributed by atoms with van der Waals surface area (Å²) in [6.07, 6.45) is 1.37.